The van der Waals surface area contributed by atoms with Crippen molar-refractivity contribution in [3.63, 3.8) is 0 Å². The number of allylic oxidation sites excluding steroid dienone is 2. The molecule has 0 N–H and O–H groups in total. The Kier molecular flexibility index (Phi) is 14.8. The predicted molar refractivity (Wildman–Crippen MR) is 179 cm³/mol. The minimum atomic E-state index is -4.11. The molecular formula is C36H66N2O3S. The van der Waals surface area contributed by atoms with Crippen LogP contribution in [0, 0.1) is 10.8 Å². The molecule has 0 bridgehead atoms. The van der Waals surface area contributed by atoms with Gasteiger partial charge in [0.1, 0.15) is 0 Å². The number of hydrogen-bond acceptors (Lipinski definition) is 4. The maximum Gasteiger partial charge on any atom is 0.0945 e. The van der Waals surface area contributed by atoms with E-state index >= 15 is 0 Å². The van der Waals surface area contributed by atoms with Crippen molar-refractivity contribution in [2.24, 2.45) is 10.8 Å². The van der Waals surface area contributed by atoms with E-state index in [0.29, 0.717) is 12.5 Å². The number of hydrogen-bond donors (Lipinski definition) is 0. The first-order valence-corrected chi connectivity index (χ1v) is 19.0. The first kappa shape index (κ1) is 37.1. The Morgan fingerprint density at radius 2 is 1.43 bits per heavy atom. The molecule has 6 heteroatoms. The fourth-order valence-corrected chi connectivity index (χ4v) is 8.49. The minimum Gasteiger partial charge on any atom is -0.748 e. The summed E-state index contributed by atoms with van der Waals surface area (Å²) in [4.78, 5) is 2.48. The molecule has 1 saturated carbocycles. The Morgan fingerprint density at radius 1 is 0.905 bits per heavy atom. The Balaban J connectivity index is 0.000000319. The Morgan fingerprint density at radius 3 is 1.90 bits per heavy atom. The first-order chi connectivity index (χ1) is 19.8. The normalized spacial score (nSPS) is 23.5. The molecule has 0 aromatic rings. The number of rotatable bonds is 17. The Labute approximate surface area is 261 Å². The van der Waals surface area contributed by atoms with Crippen LogP contribution in [0.1, 0.15) is 138 Å². The number of fused-ring (bicyclic) bond motifs is 2. The highest BCUT2D eigenvalue weighted by molar-refractivity contribution is 7.85. The topological polar surface area (TPSA) is 60.4 Å². The van der Waals surface area contributed by atoms with E-state index in [2.05, 4.69) is 72.1 Å². The molecule has 42 heavy (non-hydrogen) atoms. The van der Waals surface area contributed by atoms with E-state index < -0.39 is 10.1 Å². The van der Waals surface area contributed by atoms with Gasteiger partial charge in [0.25, 0.3) is 0 Å². The minimum absolute atomic E-state index is 0.124. The molecule has 3 aliphatic rings. The summed E-state index contributed by atoms with van der Waals surface area (Å²) < 4.78 is 34.0. The molecular weight excluding hydrogens is 540 g/mol. The lowest BCUT2D eigenvalue weighted by Gasteiger charge is -2.53. The van der Waals surface area contributed by atoms with E-state index in [1.54, 1.807) is 5.57 Å². The molecule has 2 atom stereocenters. The molecule has 0 radical (unpaired) electrons. The van der Waals surface area contributed by atoms with Crippen molar-refractivity contribution in [1.82, 2.24) is 4.90 Å². The molecule has 0 aromatic heterocycles. The molecule has 1 fully saturated rings. The smallest absolute Gasteiger partial charge is 0.0945 e. The molecule has 1 heterocycles. The van der Waals surface area contributed by atoms with Gasteiger partial charge in [-0.05, 0) is 81.3 Å². The number of nitrogens with zero attached hydrogens (tertiary/aromatic N) is 2. The van der Waals surface area contributed by atoms with E-state index in [1.165, 1.54) is 93.3 Å². The molecule has 0 amide bonds. The molecule has 5 nitrogen and oxygen atoms in total. The van der Waals surface area contributed by atoms with Crippen molar-refractivity contribution >= 4 is 10.1 Å². The Hall–Kier alpha value is -1.11. The van der Waals surface area contributed by atoms with Crippen LogP contribution in [0.3, 0.4) is 0 Å². The zero-order valence-electron chi connectivity index (χ0n) is 28.6. The fraction of sp³-hybridized carbons (Fsp3) is 0.833. The van der Waals surface area contributed by atoms with Gasteiger partial charge in [-0.1, -0.05) is 92.4 Å². The van der Waals surface area contributed by atoms with Gasteiger partial charge < -0.3 is 13.9 Å². The van der Waals surface area contributed by atoms with Gasteiger partial charge in [0.15, 0.2) is 0 Å². The van der Waals surface area contributed by atoms with Crippen LogP contribution in [0.4, 0.5) is 0 Å². The third kappa shape index (κ3) is 9.69. The lowest BCUT2D eigenvalue weighted by Crippen LogP contribution is -2.52. The van der Waals surface area contributed by atoms with Crippen LogP contribution < -0.4 is 0 Å². The van der Waals surface area contributed by atoms with Crippen molar-refractivity contribution in [2.45, 2.75) is 144 Å². The molecule has 1 aliphatic heterocycles. The van der Waals surface area contributed by atoms with Crippen LogP contribution in [0.2, 0.25) is 0 Å². The van der Waals surface area contributed by atoms with E-state index in [-0.39, 0.29) is 16.6 Å². The molecule has 0 saturated heterocycles. The second-order valence-electron chi connectivity index (χ2n) is 14.4. The number of unbranched alkanes of at least 4 members (excludes halogenated alkanes) is 5. The standard InChI is InChI=1S/C20H31NO3S.C16H36N/c1-15-13-18-20(4,19(2,3)14-15)16-9-5-6-10-17(16)21(18)11-7-8-12-25(22,23)24;1-5-9-13-17(14-10-6-2,15-11-7-3)16-12-8-4/h6,10,18H,1,5,7-9,11-14H2,2-4H3,(H,22,23,24);5-16H2,1-4H3/q;+1/p-1. The maximum atomic E-state index is 10.9. The van der Waals surface area contributed by atoms with Crippen molar-refractivity contribution < 1.29 is 17.5 Å². The van der Waals surface area contributed by atoms with Gasteiger partial charge in [-0.3, -0.25) is 0 Å². The molecule has 2 unspecified atom stereocenters. The van der Waals surface area contributed by atoms with Crippen LogP contribution in [0.5, 0.6) is 0 Å². The molecule has 244 valence electrons. The first-order valence-electron chi connectivity index (χ1n) is 17.4. The summed E-state index contributed by atoms with van der Waals surface area (Å²) in [6, 6.07) is 0.389. The summed E-state index contributed by atoms with van der Waals surface area (Å²) in [5.74, 6) is -0.261. The summed E-state index contributed by atoms with van der Waals surface area (Å²) in [5, 5.41) is 0. The zero-order chi connectivity index (χ0) is 31.4. The van der Waals surface area contributed by atoms with Gasteiger partial charge in [0.2, 0.25) is 0 Å². The largest absolute Gasteiger partial charge is 0.748 e. The van der Waals surface area contributed by atoms with Gasteiger partial charge in [-0.2, -0.15) is 0 Å². The highest BCUT2D eigenvalue weighted by Crippen LogP contribution is 2.63. The molecule has 2 aliphatic carbocycles. The highest BCUT2D eigenvalue weighted by Gasteiger charge is 2.58. The van der Waals surface area contributed by atoms with Crippen LogP contribution >= 0.6 is 0 Å². The number of quaternary nitrogens is 1. The monoisotopic (exact) mass is 606 g/mol. The van der Waals surface area contributed by atoms with Crippen LogP contribution in [0.25, 0.3) is 0 Å². The Bertz CT molecular complexity index is 975. The van der Waals surface area contributed by atoms with Gasteiger partial charge in [-0.15, -0.1) is 0 Å². The van der Waals surface area contributed by atoms with E-state index in [9.17, 15) is 13.0 Å². The van der Waals surface area contributed by atoms with Crippen LogP contribution in [-0.4, -0.2) is 66.9 Å². The quantitative estimate of drug-likeness (QED) is 0.0717. The summed E-state index contributed by atoms with van der Waals surface area (Å²) in [6.45, 7) is 27.3. The predicted octanol–water partition coefficient (Wildman–Crippen LogP) is 8.99. The zero-order valence-corrected chi connectivity index (χ0v) is 29.4. The van der Waals surface area contributed by atoms with E-state index in [4.69, 9.17) is 0 Å². The second-order valence-corrected chi connectivity index (χ2v) is 15.9. The van der Waals surface area contributed by atoms with E-state index in [0.717, 1.165) is 38.6 Å². The van der Waals surface area contributed by atoms with Gasteiger partial charge in [0, 0.05) is 29.5 Å². The van der Waals surface area contributed by atoms with Crippen LogP contribution in [-0.2, 0) is 10.1 Å². The average Bonchev–Trinajstić information content (AvgIpc) is 3.18. The van der Waals surface area contributed by atoms with Crippen molar-refractivity contribution in [3.8, 4) is 0 Å². The lowest BCUT2D eigenvalue weighted by atomic mass is 9.53. The van der Waals surface area contributed by atoms with Crippen LogP contribution in [0.15, 0.2) is 35.6 Å². The van der Waals surface area contributed by atoms with Crippen molar-refractivity contribution in [2.75, 3.05) is 38.5 Å². The summed E-state index contributed by atoms with van der Waals surface area (Å²) in [7, 11) is -4.11. The van der Waals surface area contributed by atoms with Crippen molar-refractivity contribution in [3.05, 3.63) is 35.6 Å². The third-order valence-electron chi connectivity index (χ3n) is 10.7. The molecule has 0 aromatic carbocycles. The second kappa shape index (κ2) is 16.8. The van der Waals surface area contributed by atoms with Gasteiger partial charge >= 0.3 is 0 Å². The van der Waals surface area contributed by atoms with E-state index in [1.807, 2.05) is 0 Å². The van der Waals surface area contributed by atoms with Gasteiger partial charge in [-0.25, -0.2) is 8.42 Å². The summed E-state index contributed by atoms with van der Waals surface area (Å²) in [6.07, 6.45) is 21.0. The average molecular weight is 607 g/mol. The highest BCUT2D eigenvalue weighted by atomic mass is 32.2. The van der Waals surface area contributed by atoms with Crippen molar-refractivity contribution in [1.29, 1.82) is 0 Å². The van der Waals surface area contributed by atoms with Gasteiger partial charge in [0.05, 0.1) is 36.3 Å². The fourth-order valence-electron chi connectivity index (χ4n) is 7.94. The summed E-state index contributed by atoms with van der Waals surface area (Å²) >= 11 is 0. The maximum absolute atomic E-state index is 10.9. The summed E-state index contributed by atoms with van der Waals surface area (Å²) in [5.41, 5.74) is 4.49. The lowest BCUT2D eigenvalue weighted by molar-refractivity contribution is -0.929. The molecule has 0 spiro atoms. The molecule has 3 rings (SSSR count). The third-order valence-corrected chi connectivity index (χ3v) is 11.5. The SMILES string of the molecule is C=C1CC2N(CCCCS(=O)(=O)[O-])C3=C(CCC=C3)C2(C)C(C)(C)C1.CCCC[N+](CCCC)(CCCC)CCCC.